The number of halogens is 6. The highest BCUT2D eigenvalue weighted by molar-refractivity contribution is 8.00. The molecule has 18 heavy (non-hydrogen) atoms. The molecule has 102 valence electrons. The van der Waals surface area contributed by atoms with Crippen LogP contribution in [0.3, 0.4) is 0 Å². The van der Waals surface area contributed by atoms with Gasteiger partial charge in [0.25, 0.3) is 5.78 Å². The monoisotopic (exact) mass is 292 g/mol. The fraction of sp³-hybridized carbons (Fsp3) is 0.500. The number of Topliss-reactive ketones (excluding diaryl/α,β-unsaturated/α-hetero) is 1. The van der Waals surface area contributed by atoms with Crippen molar-refractivity contribution < 1.29 is 31.1 Å². The zero-order valence-electron chi connectivity index (χ0n) is 8.55. The molecule has 0 fully saturated rings. The molecule has 0 atom stereocenters. The van der Waals surface area contributed by atoms with Crippen molar-refractivity contribution in [3.05, 3.63) is 18.0 Å². The Morgan fingerprint density at radius 2 is 1.89 bits per heavy atom. The van der Waals surface area contributed by atoms with E-state index in [1.54, 1.807) is 0 Å². The van der Waals surface area contributed by atoms with Gasteiger partial charge in [-0.3, -0.25) is 9.48 Å². The predicted molar refractivity (Wildman–Crippen MR) is 51.1 cm³/mol. The van der Waals surface area contributed by atoms with Crippen molar-refractivity contribution in [1.29, 1.82) is 0 Å². The number of nitrogens with zero attached hydrogens (tertiary/aromatic N) is 2. The predicted octanol–water partition coefficient (Wildman–Crippen LogP) is 2.88. The summed E-state index contributed by atoms with van der Waals surface area (Å²) < 4.78 is 72.2. The van der Waals surface area contributed by atoms with E-state index in [4.69, 9.17) is 0 Å². The Balaban J connectivity index is 2.57. The average Bonchev–Trinajstić information content (AvgIpc) is 2.61. The van der Waals surface area contributed by atoms with E-state index in [1.165, 1.54) is 0 Å². The van der Waals surface area contributed by atoms with Crippen LogP contribution in [0.2, 0.25) is 0 Å². The standard InChI is InChI=1S/C8H6F6N2OS/c9-7(10,11)6(17)5-3-15-16(4-5)1-2-18-8(12,13)14/h3-4H,1-2H2. The number of aromatic nitrogens is 2. The molecule has 0 aromatic carbocycles. The highest BCUT2D eigenvalue weighted by Gasteiger charge is 2.40. The van der Waals surface area contributed by atoms with Gasteiger partial charge in [0.2, 0.25) is 0 Å². The number of hydrogen-bond donors (Lipinski definition) is 0. The van der Waals surface area contributed by atoms with Gasteiger partial charge in [-0.2, -0.15) is 31.4 Å². The largest absolute Gasteiger partial charge is 0.454 e. The number of carbonyl (C=O) groups excluding carboxylic acids is 1. The van der Waals surface area contributed by atoms with Gasteiger partial charge in [-0.25, -0.2) is 0 Å². The number of thioether (sulfide) groups is 1. The van der Waals surface area contributed by atoms with Crippen LogP contribution in [-0.4, -0.2) is 33.0 Å². The molecule has 0 aliphatic rings. The third kappa shape index (κ3) is 4.59. The van der Waals surface area contributed by atoms with Crippen LogP contribution in [0.5, 0.6) is 0 Å². The molecule has 0 aliphatic carbocycles. The summed E-state index contributed by atoms with van der Waals surface area (Å²) in [5.74, 6) is -2.47. The summed E-state index contributed by atoms with van der Waals surface area (Å²) in [5.41, 5.74) is -5.10. The number of rotatable bonds is 4. The summed E-state index contributed by atoms with van der Waals surface area (Å²) in [6.07, 6.45) is -3.57. The molecule has 0 bridgehead atoms. The highest BCUT2D eigenvalue weighted by Crippen LogP contribution is 2.30. The maximum absolute atomic E-state index is 12.0. The Morgan fingerprint density at radius 1 is 1.28 bits per heavy atom. The van der Waals surface area contributed by atoms with Crippen LogP contribution in [0.1, 0.15) is 10.4 Å². The Bertz CT molecular complexity index is 424. The van der Waals surface area contributed by atoms with Crippen molar-refractivity contribution >= 4 is 17.5 Å². The maximum Gasteiger partial charge on any atom is 0.454 e. The highest BCUT2D eigenvalue weighted by atomic mass is 32.2. The summed E-state index contributed by atoms with van der Waals surface area (Å²) in [4.78, 5) is 10.7. The summed E-state index contributed by atoms with van der Waals surface area (Å²) in [6, 6.07) is 0. The van der Waals surface area contributed by atoms with Crippen LogP contribution in [0.4, 0.5) is 26.3 Å². The van der Waals surface area contributed by atoms with Crippen molar-refractivity contribution in [3.63, 3.8) is 0 Å². The van der Waals surface area contributed by atoms with Gasteiger partial charge in [-0.05, 0) is 11.8 Å². The van der Waals surface area contributed by atoms with Crippen molar-refractivity contribution in [2.45, 2.75) is 18.2 Å². The van der Waals surface area contributed by atoms with Gasteiger partial charge in [0, 0.05) is 11.9 Å². The van der Waals surface area contributed by atoms with E-state index in [9.17, 15) is 31.1 Å². The van der Waals surface area contributed by atoms with E-state index in [-0.39, 0.29) is 18.3 Å². The second kappa shape index (κ2) is 5.21. The molecule has 0 radical (unpaired) electrons. The van der Waals surface area contributed by atoms with Crippen LogP contribution < -0.4 is 0 Å². The Labute approximate surface area is 101 Å². The van der Waals surface area contributed by atoms with Crippen LogP contribution in [0.15, 0.2) is 12.4 Å². The summed E-state index contributed by atoms with van der Waals surface area (Å²) in [6.45, 7) is -0.241. The van der Waals surface area contributed by atoms with Gasteiger partial charge >= 0.3 is 11.7 Å². The topological polar surface area (TPSA) is 34.9 Å². The van der Waals surface area contributed by atoms with E-state index in [1.807, 2.05) is 0 Å². The van der Waals surface area contributed by atoms with Gasteiger partial charge < -0.3 is 0 Å². The molecule has 1 rings (SSSR count). The van der Waals surface area contributed by atoms with Gasteiger partial charge in [0.05, 0.1) is 18.3 Å². The summed E-state index contributed by atoms with van der Waals surface area (Å²) in [7, 11) is 0. The van der Waals surface area contributed by atoms with E-state index in [0.717, 1.165) is 10.9 Å². The van der Waals surface area contributed by atoms with Gasteiger partial charge in [-0.1, -0.05) is 0 Å². The zero-order chi connectivity index (χ0) is 14.0. The lowest BCUT2D eigenvalue weighted by Crippen LogP contribution is -2.22. The minimum Gasteiger partial charge on any atom is -0.284 e. The first-order valence-electron chi connectivity index (χ1n) is 4.44. The average molecular weight is 292 g/mol. The maximum atomic E-state index is 12.0. The SMILES string of the molecule is O=C(c1cnn(CCSC(F)(F)F)c1)C(F)(F)F. The lowest BCUT2D eigenvalue weighted by Gasteiger charge is -2.05. The van der Waals surface area contributed by atoms with Crippen LogP contribution in [0.25, 0.3) is 0 Å². The first-order valence-corrected chi connectivity index (χ1v) is 5.43. The second-order valence-electron chi connectivity index (χ2n) is 3.11. The zero-order valence-corrected chi connectivity index (χ0v) is 9.36. The second-order valence-corrected chi connectivity index (χ2v) is 4.27. The molecular weight excluding hydrogens is 286 g/mol. The van der Waals surface area contributed by atoms with E-state index in [2.05, 4.69) is 5.10 Å². The third-order valence-corrected chi connectivity index (χ3v) is 2.45. The fourth-order valence-corrected chi connectivity index (χ4v) is 1.53. The molecular formula is C8H6F6N2OS. The number of alkyl halides is 6. The molecule has 0 spiro atoms. The Hall–Kier alpha value is -1.19. The molecule has 0 aliphatic heterocycles. The molecule has 0 N–H and O–H groups in total. The summed E-state index contributed by atoms with van der Waals surface area (Å²) >= 11 is -0.316. The minimum atomic E-state index is -5.02. The lowest BCUT2D eigenvalue weighted by molar-refractivity contribution is -0.0885. The van der Waals surface area contributed by atoms with Crippen LogP contribution in [-0.2, 0) is 6.54 Å². The molecule has 1 aromatic rings. The van der Waals surface area contributed by atoms with E-state index in [0.29, 0.717) is 6.20 Å². The van der Waals surface area contributed by atoms with E-state index < -0.39 is 28.8 Å². The van der Waals surface area contributed by atoms with Crippen LogP contribution >= 0.6 is 11.8 Å². The summed E-state index contributed by atoms with van der Waals surface area (Å²) in [5, 5.41) is 3.39. The fourth-order valence-electron chi connectivity index (χ4n) is 1.02. The van der Waals surface area contributed by atoms with Gasteiger partial charge in [-0.15, -0.1) is 0 Å². The molecule has 0 saturated heterocycles. The molecule has 0 amide bonds. The first-order chi connectivity index (χ1) is 8.09. The number of aryl methyl sites for hydroxylation is 1. The molecule has 1 heterocycles. The smallest absolute Gasteiger partial charge is 0.284 e. The number of ketones is 1. The number of hydrogen-bond acceptors (Lipinski definition) is 3. The number of carbonyl (C=O) groups is 1. The van der Waals surface area contributed by atoms with Crippen molar-refractivity contribution in [1.82, 2.24) is 9.78 Å². The molecule has 10 heteroatoms. The van der Waals surface area contributed by atoms with Crippen LogP contribution in [0, 0.1) is 0 Å². The molecule has 1 aromatic heterocycles. The third-order valence-electron chi connectivity index (χ3n) is 1.74. The van der Waals surface area contributed by atoms with Crippen molar-refractivity contribution in [2.75, 3.05) is 5.75 Å². The quantitative estimate of drug-likeness (QED) is 0.632. The van der Waals surface area contributed by atoms with E-state index >= 15 is 0 Å². The van der Waals surface area contributed by atoms with Crippen molar-refractivity contribution in [2.24, 2.45) is 0 Å². The first kappa shape index (κ1) is 14.9. The molecule has 0 saturated carbocycles. The normalized spacial score (nSPS) is 12.8. The lowest BCUT2D eigenvalue weighted by atomic mass is 10.2. The van der Waals surface area contributed by atoms with Gasteiger partial charge in [0.1, 0.15) is 0 Å². The Kier molecular flexibility index (Phi) is 4.30. The van der Waals surface area contributed by atoms with Gasteiger partial charge in [0.15, 0.2) is 0 Å². The Morgan fingerprint density at radius 3 is 2.39 bits per heavy atom. The van der Waals surface area contributed by atoms with Crippen molar-refractivity contribution in [3.8, 4) is 0 Å². The minimum absolute atomic E-state index is 0.241. The molecule has 3 nitrogen and oxygen atoms in total. The molecule has 0 unspecified atom stereocenters.